The van der Waals surface area contributed by atoms with Gasteiger partial charge in [-0.05, 0) is 34.2 Å². The molecule has 3 nitrogen and oxygen atoms in total. The molecule has 20 heavy (non-hydrogen) atoms. The maximum Gasteiger partial charge on any atom is 0.416 e. The van der Waals surface area contributed by atoms with Gasteiger partial charge >= 0.3 is 6.18 Å². The zero-order chi connectivity index (χ0) is 14.8. The largest absolute Gasteiger partial charge is 0.416 e. The Hall–Kier alpha value is -1.38. The minimum Gasteiger partial charge on any atom is -0.372 e. The standard InChI is InChI=1S/C13H11F3IN3/c1-18-12-10(17)7-19-11(20-12)6-8-3-2-4-9(5-8)13(14,15)16/h2-5,7H,6H2,1H3,(H,18,19,20). The summed E-state index contributed by atoms with van der Waals surface area (Å²) in [5, 5.41) is 2.92. The van der Waals surface area contributed by atoms with Crippen LogP contribution >= 0.6 is 22.6 Å². The van der Waals surface area contributed by atoms with Gasteiger partial charge in [-0.3, -0.25) is 0 Å². The molecule has 0 aliphatic heterocycles. The molecular formula is C13H11F3IN3. The maximum atomic E-state index is 12.6. The average Bonchev–Trinajstić information content (AvgIpc) is 2.40. The first-order valence-electron chi connectivity index (χ1n) is 5.75. The smallest absolute Gasteiger partial charge is 0.372 e. The van der Waals surface area contributed by atoms with E-state index in [1.165, 1.54) is 6.07 Å². The minimum absolute atomic E-state index is 0.259. The van der Waals surface area contributed by atoms with Gasteiger partial charge in [0.05, 0.1) is 9.13 Å². The normalized spacial score (nSPS) is 11.4. The number of rotatable bonds is 3. The summed E-state index contributed by atoms with van der Waals surface area (Å²) in [5.41, 5.74) is -0.127. The summed E-state index contributed by atoms with van der Waals surface area (Å²) >= 11 is 2.09. The van der Waals surface area contributed by atoms with Gasteiger partial charge < -0.3 is 5.32 Å². The van der Waals surface area contributed by atoms with Gasteiger partial charge in [0.2, 0.25) is 0 Å². The molecule has 0 unspecified atom stereocenters. The summed E-state index contributed by atoms with van der Waals surface area (Å²) in [5.74, 6) is 1.15. The molecule has 1 heterocycles. The van der Waals surface area contributed by atoms with Gasteiger partial charge in [-0.25, -0.2) is 9.97 Å². The van der Waals surface area contributed by atoms with Crippen LogP contribution in [-0.4, -0.2) is 17.0 Å². The van der Waals surface area contributed by atoms with Gasteiger partial charge in [-0.2, -0.15) is 13.2 Å². The highest BCUT2D eigenvalue weighted by molar-refractivity contribution is 14.1. The molecule has 0 fully saturated rings. The monoisotopic (exact) mass is 393 g/mol. The lowest BCUT2D eigenvalue weighted by Crippen LogP contribution is -2.06. The van der Waals surface area contributed by atoms with Crippen LogP contribution in [0.4, 0.5) is 19.0 Å². The number of hydrogen-bond acceptors (Lipinski definition) is 3. The lowest BCUT2D eigenvalue weighted by atomic mass is 10.1. The SMILES string of the molecule is CNc1nc(Cc2cccc(C(F)(F)F)c2)ncc1I. The molecule has 0 spiro atoms. The molecular weight excluding hydrogens is 382 g/mol. The zero-order valence-electron chi connectivity index (χ0n) is 10.5. The van der Waals surface area contributed by atoms with E-state index in [9.17, 15) is 13.2 Å². The van der Waals surface area contributed by atoms with Crippen LogP contribution in [0.2, 0.25) is 0 Å². The fourth-order valence-electron chi connectivity index (χ4n) is 1.70. The molecule has 0 amide bonds. The van der Waals surface area contributed by atoms with E-state index < -0.39 is 11.7 Å². The van der Waals surface area contributed by atoms with Gasteiger partial charge in [0.1, 0.15) is 11.6 Å². The number of hydrogen-bond donors (Lipinski definition) is 1. The number of benzene rings is 1. The molecule has 106 valence electrons. The topological polar surface area (TPSA) is 37.8 Å². The Morgan fingerprint density at radius 1 is 1.30 bits per heavy atom. The van der Waals surface area contributed by atoms with E-state index in [0.717, 1.165) is 15.7 Å². The molecule has 0 atom stereocenters. The van der Waals surface area contributed by atoms with E-state index >= 15 is 0 Å². The van der Waals surface area contributed by atoms with Gasteiger partial charge in [-0.1, -0.05) is 18.2 Å². The second-order valence-electron chi connectivity index (χ2n) is 4.11. The summed E-state index contributed by atoms with van der Waals surface area (Å²) in [6.45, 7) is 0. The molecule has 1 N–H and O–H groups in total. The van der Waals surface area contributed by atoms with Crippen LogP contribution in [-0.2, 0) is 12.6 Å². The molecule has 1 aromatic heterocycles. The van der Waals surface area contributed by atoms with Crippen LogP contribution in [0.25, 0.3) is 0 Å². The first-order chi connectivity index (χ1) is 9.40. The minimum atomic E-state index is -4.33. The van der Waals surface area contributed by atoms with Crippen molar-refractivity contribution in [1.29, 1.82) is 0 Å². The highest BCUT2D eigenvalue weighted by Gasteiger charge is 2.30. The van der Waals surface area contributed by atoms with Crippen molar-refractivity contribution in [2.75, 3.05) is 12.4 Å². The van der Waals surface area contributed by atoms with Crippen molar-refractivity contribution < 1.29 is 13.2 Å². The summed E-state index contributed by atoms with van der Waals surface area (Å²) in [6, 6.07) is 5.21. The van der Waals surface area contributed by atoms with Crippen LogP contribution in [0.1, 0.15) is 17.0 Å². The van der Waals surface area contributed by atoms with Crippen LogP contribution < -0.4 is 5.32 Å². The quantitative estimate of drug-likeness (QED) is 0.808. The molecule has 0 saturated carbocycles. The number of aromatic nitrogens is 2. The van der Waals surface area contributed by atoms with E-state index in [1.807, 2.05) is 0 Å². The Morgan fingerprint density at radius 3 is 2.70 bits per heavy atom. The van der Waals surface area contributed by atoms with E-state index in [1.54, 1.807) is 19.3 Å². The van der Waals surface area contributed by atoms with Gasteiger partial charge in [0, 0.05) is 19.7 Å². The number of halogens is 4. The Morgan fingerprint density at radius 2 is 2.05 bits per heavy atom. The summed E-state index contributed by atoms with van der Waals surface area (Å²) in [6.07, 6.45) is -2.43. The number of anilines is 1. The zero-order valence-corrected chi connectivity index (χ0v) is 12.7. The highest BCUT2D eigenvalue weighted by atomic mass is 127. The van der Waals surface area contributed by atoms with Crippen molar-refractivity contribution in [3.63, 3.8) is 0 Å². The van der Waals surface area contributed by atoms with Crippen molar-refractivity contribution in [3.8, 4) is 0 Å². The molecule has 2 rings (SSSR count). The van der Waals surface area contributed by atoms with Crippen molar-refractivity contribution in [2.45, 2.75) is 12.6 Å². The van der Waals surface area contributed by atoms with Crippen LogP contribution in [0, 0.1) is 3.57 Å². The Labute approximate surface area is 127 Å². The van der Waals surface area contributed by atoms with E-state index in [2.05, 4.69) is 37.9 Å². The molecule has 0 aliphatic carbocycles. The molecule has 0 aliphatic rings. The molecule has 0 bridgehead atoms. The molecule has 0 radical (unpaired) electrons. The predicted octanol–water partition coefficient (Wildman–Crippen LogP) is 3.73. The van der Waals surface area contributed by atoms with Gasteiger partial charge in [0.15, 0.2) is 0 Å². The van der Waals surface area contributed by atoms with Crippen molar-refractivity contribution in [3.05, 3.63) is 51.0 Å². The molecule has 0 saturated heterocycles. The number of nitrogens with zero attached hydrogens (tertiary/aromatic N) is 2. The molecule has 7 heteroatoms. The third-order valence-electron chi connectivity index (χ3n) is 2.65. The van der Waals surface area contributed by atoms with Gasteiger partial charge in [-0.15, -0.1) is 0 Å². The van der Waals surface area contributed by atoms with Crippen LogP contribution in [0.5, 0.6) is 0 Å². The molecule has 1 aromatic carbocycles. The highest BCUT2D eigenvalue weighted by Crippen LogP contribution is 2.29. The summed E-state index contributed by atoms with van der Waals surface area (Å²) in [4.78, 5) is 8.40. The van der Waals surface area contributed by atoms with Crippen molar-refractivity contribution >= 4 is 28.4 Å². The third-order valence-corrected chi connectivity index (χ3v) is 3.44. The fraction of sp³-hybridized carbons (Fsp3) is 0.231. The Bertz CT molecular complexity index is 614. The third kappa shape index (κ3) is 3.59. The lowest BCUT2D eigenvalue weighted by molar-refractivity contribution is -0.137. The Kier molecular flexibility index (Phi) is 4.46. The Balaban J connectivity index is 2.26. The number of alkyl halides is 3. The second kappa shape index (κ2) is 5.94. The first-order valence-corrected chi connectivity index (χ1v) is 6.83. The van der Waals surface area contributed by atoms with E-state index in [4.69, 9.17) is 0 Å². The summed E-state index contributed by atoms with van der Waals surface area (Å²) < 4.78 is 38.8. The van der Waals surface area contributed by atoms with E-state index in [0.29, 0.717) is 17.2 Å². The van der Waals surface area contributed by atoms with Crippen molar-refractivity contribution in [2.24, 2.45) is 0 Å². The first kappa shape index (κ1) is 15.0. The second-order valence-corrected chi connectivity index (χ2v) is 5.27. The summed E-state index contributed by atoms with van der Waals surface area (Å²) in [7, 11) is 1.73. The lowest BCUT2D eigenvalue weighted by Gasteiger charge is -2.09. The molecule has 2 aromatic rings. The number of nitrogens with one attached hydrogen (secondary N) is 1. The fourth-order valence-corrected chi connectivity index (χ4v) is 2.23. The van der Waals surface area contributed by atoms with Crippen LogP contribution in [0.15, 0.2) is 30.5 Å². The van der Waals surface area contributed by atoms with Crippen molar-refractivity contribution in [1.82, 2.24) is 9.97 Å². The average molecular weight is 393 g/mol. The van der Waals surface area contributed by atoms with Gasteiger partial charge in [0.25, 0.3) is 0 Å². The predicted molar refractivity (Wildman–Crippen MR) is 78.5 cm³/mol. The maximum absolute atomic E-state index is 12.6. The van der Waals surface area contributed by atoms with E-state index in [-0.39, 0.29) is 6.42 Å². The van der Waals surface area contributed by atoms with Crippen LogP contribution in [0.3, 0.4) is 0 Å².